The molecule has 8 nitrogen and oxygen atoms in total. The summed E-state index contributed by atoms with van der Waals surface area (Å²) < 4.78 is 31.9. The van der Waals surface area contributed by atoms with Crippen LogP contribution in [0, 0.1) is 11.6 Å². The Balaban J connectivity index is 1.56. The number of halogens is 2. The minimum atomic E-state index is -0.846. The Hall–Kier alpha value is -3.53. The van der Waals surface area contributed by atoms with Gasteiger partial charge in [0.25, 0.3) is 11.8 Å². The van der Waals surface area contributed by atoms with Gasteiger partial charge in [-0.05, 0) is 42.0 Å². The van der Waals surface area contributed by atoms with Crippen LogP contribution in [0.2, 0.25) is 0 Å². The predicted molar refractivity (Wildman–Crippen MR) is 96.1 cm³/mol. The second kappa shape index (κ2) is 8.65. The number of amides is 4. The van der Waals surface area contributed by atoms with Crippen molar-refractivity contribution in [1.29, 1.82) is 0 Å². The molecule has 0 aromatic heterocycles. The van der Waals surface area contributed by atoms with E-state index in [4.69, 9.17) is 9.84 Å². The fourth-order valence-electron chi connectivity index (χ4n) is 2.76. The molecular formula is C19H17F2N3O5. The van der Waals surface area contributed by atoms with Crippen LogP contribution in [0.3, 0.4) is 0 Å². The molecule has 0 saturated carbocycles. The molecule has 1 aliphatic heterocycles. The van der Waals surface area contributed by atoms with Crippen LogP contribution in [-0.2, 0) is 6.54 Å². The van der Waals surface area contributed by atoms with Gasteiger partial charge in [0.2, 0.25) is 0 Å². The summed E-state index contributed by atoms with van der Waals surface area (Å²) in [6, 6.07) is 6.20. The molecule has 4 amide bonds. The summed E-state index contributed by atoms with van der Waals surface area (Å²) >= 11 is 0. The highest BCUT2D eigenvalue weighted by Crippen LogP contribution is 2.29. The zero-order valence-electron chi connectivity index (χ0n) is 15.1. The second-order valence-corrected chi connectivity index (χ2v) is 6.14. The van der Waals surface area contributed by atoms with Crippen molar-refractivity contribution >= 4 is 17.8 Å². The predicted octanol–water partition coefficient (Wildman–Crippen LogP) is 1.39. The molecule has 0 unspecified atom stereocenters. The van der Waals surface area contributed by atoms with Crippen molar-refractivity contribution in [2.24, 2.45) is 0 Å². The first-order valence-corrected chi connectivity index (χ1v) is 8.59. The fraction of sp³-hybridized carbons (Fsp3) is 0.211. The van der Waals surface area contributed by atoms with Crippen molar-refractivity contribution in [3.63, 3.8) is 0 Å². The summed E-state index contributed by atoms with van der Waals surface area (Å²) in [5.74, 6) is -2.55. The van der Waals surface area contributed by atoms with Crippen LogP contribution in [0.5, 0.6) is 5.75 Å². The molecule has 3 rings (SSSR count). The van der Waals surface area contributed by atoms with Crippen LogP contribution in [0.25, 0.3) is 0 Å². The van der Waals surface area contributed by atoms with Crippen LogP contribution in [0.1, 0.15) is 26.3 Å². The smallest absolute Gasteiger partial charge is 0.323 e. The van der Waals surface area contributed by atoms with Crippen LogP contribution < -0.4 is 15.4 Å². The van der Waals surface area contributed by atoms with Gasteiger partial charge >= 0.3 is 6.03 Å². The maximum absolute atomic E-state index is 14.0. The minimum absolute atomic E-state index is 0.0805. The zero-order valence-corrected chi connectivity index (χ0v) is 15.1. The maximum Gasteiger partial charge on any atom is 0.323 e. The summed E-state index contributed by atoms with van der Waals surface area (Å²) in [7, 11) is 0. The number of fused-ring (bicyclic) bond motifs is 1. The highest BCUT2D eigenvalue weighted by molar-refractivity contribution is 6.04. The summed E-state index contributed by atoms with van der Waals surface area (Å²) in [5.41, 5.74) is 0.745. The zero-order chi connectivity index (χ0) is 21.0. The Bertz CT molecular complexity index is 950. The van der Waals surface area contributed by atoms with Crippen LogP contribution >= 0.6 is 0 Å². The van der Waals surface area contributed by atoms with Gasteiger partial charge in [-0.2, -0.15) is 0 Å². The van der Waals surface area contributed by atoms with E-state index in [0.717, 1.165) is 18.2 Å². The number of aliphatic hydroxyl groups excluding tert-OH is 1. The number of nitrogens with zero attached hydrogens (tertiary/aromatic N) is 1. The molecule has 0 radical (unpaired) electrons. The number of nitrogens with one attached hydrogen (secondary N) is 2. The quantitative estimate of drug-likeness (QED) is 0.673. The van der Waals surface area contributed by atoms with Gasteiger partial charge < -0.3 is 20.1 Å². The van der Waals surface area contributed by atoms with Gasteiger partial charge in [-0.3, -0.25) is 14.9 Å². The molecule has 2 aromatic rings. The van der Waals surface area contributed by atoms with Gasteiger partial charge in [-0.15, -0.1) is 0 Å². The molecule has 0 fully saturated rings. The lowest BCUT2D eigenvalue weighted by atomic mass is 10.1. The van der Waals surface area contributed by atoms with Crippen molar-refractivity contribution < 1.29 is 33.0 Å². The fourth-order valence-corrected chi connectivity index (χ4v) is 2.76. The SMILES string of the molecule is O=C(NCN1Cc2cc(OCCO)c(F)cc2C1=O)NC(=O)c1ccc(F)cc1. The van der Waals surface area contributed by atoms with E-state index >= 15 is 0 Å². The molecule has 0 bridgehead atoms. The van der Waals surface area contributed by atoms with Gasteiger partial charge in [0.05, 0.1) is 13.3 Å². The number of imide groups is 1. The lowest BCUT2D eigenvalue weighted by Crippen LogP contribution is -2.44. The van der Waals surface area contributed by atoms with E-state index in [1.165, 1.54) is 23.1 Å². The van der Waals surface area contributed by atoms with E-state index in [9.17, 15) is 23.2 Å². The number of hydrogen-bond acceptors (Lipinski definition) is 5. The Kier molecular flexibility index (Phi) is 6.03. The van der Waals surface area contributed by atoms with Crippen LogP contribution in [0.15, 0.2) is 36.4 Å². The molecule has 0 atom stereocenters. The number of rotatable bonds is 6. The number of urea groups is 1. The molecular weight excluding hydrogens is 388 g/mol. The van der Waals surface area contributed by atoms with E-state index in [2.05, 4.69) is 10.6 Å². The average molecular weight is 405 g/mol. The molecule has 10 heteroatoms. The van der Waals surface area contributed by atoms with Crippen molar-refractivity contribution in [3.8, 4) is 5.75 Å². The lowest BCUT2D eigenvalue weighted by molar-refractivity contribution is 0.0770. The maximum atomic E-state index is 14.0. The van der Waals surface area contributed by atoms with Crippen LogP contribution in [-0.4, -0.2) is 47.7 Å². The first-order valence-electron chi connectivity index (χ1n) is 8.59. The van der Waals surface area contributed by atoms with Crippen molar-refractivity contribution in [2.45, 2.75) is 6.54 Å². The van der Waals surface area contributed by atoms with Gasteiger partial charge in [0.15, 0.2) is 11.6 Å². The Morgan fingerprint density at radius 3 is 2.59 bits per heavy atom. The number of hydrogen-bond donors (Lipinski definition) is 3. The molecule has 1 heterocycles. The van der Waals surface area contributed by atoms with Gasteiger partial charge in [0, 0.05) is 17.7 Å². The normalized spacial score (nSPS) is 12.5. The third kappa shape index (κ3) is 4.66. The lowest BCUT2D eigenvalue weighted by Gasteiger charge is -2.16. The topological polar surface area (TPSA) is 108 Å². The standard InChI is InChI=1S/C19H17F2N3O5/c20-13-3-1-11(2-4-13)17(26)23-19(28)22-10-24-9-12-7-16(29-6-5-25)15(21)8-14(12)18(24)27/h1-4,7-8,25H,5-6,9-10H2,(H2,22,23,26,28). The Morgan fingerprint density at radius 1 is 1.17 bits per heavy atom. The van der Waals surface area contributed by atoms with Gasteiger partial charge in [-0.1, -0.05) is 0 Å². The largest absolute Gasteiger partial charge is 0.488 e. The first-order chi connectivity index (χ1) is 13.9. The average Bonchev–Trinajstić information content (AvgIpc) is 3.00. The van der Waals surface area contributed by atoms with E-state index in [0.29, 0.717) is 5.56 Å². The number of aliphatic hydroxyl groups is 1. The number of ether oxygens (including phenoxy) is 1. The number of benzene rings is 2. The molecule has 0 spiro atoms. The Labute approximate surface area is 164 Å². The Morgan fingerprint density at radius 2 is 1.90 bits per heavy atom. The molecule has 0 saturated heterocycles. The summed E-state index contributed by atoms with van der Waals surface area (Å²) in [5, 5.41) is 13.2. The van der Waals surface area contributed by atoms with Gasteiger partial charge in [-0.25, -0.2) is 13.6 Å². The molecule has 1 aliphatic rings. The van der Waals surface area contributed by atoms with Gasteiger partial charge in [0.1, 0.15) is 12.4 Å². The highest BCUT2D eigenvalue weighted by atomic mass is 19.1. The minimum Gasteiger partial charge on any atom is -0.488 e. The van der Waals surface area contributed by atoms with E-state index in [1.807, 2.05) is 0 Å². The third-order valence-corrected chi connectivity index (χ3v) is 4.15. The first kappa shape index (κ1) is 20.2. The summed E-state index contributed by atoms with van der Waals surface area (Å²) in [6.45, 7) is -0.477. The van der Waals surface area contributed by atoms with E-state index < -0.39 is 29.5 Å². The van der Waals surface area contributed by atoms with Crippen molar-refractivity contribution in [3.05, 3.63) is 64.7 Å². The van der Waals surface area contributed by atoms with Crippen molar-refractivity contribution in [1.82, 2.24) is 15.5 Å². The van der Waals surface area contributed by atoms with Crippen LogP contribution in [0.4, 0.5) is 13.6 Å². The molecule has 0 aliphatic carbocycles. The van der Waals surface area contributed by atoms with E-state index in [1.54, 1.807) is 0 Å². The molecule has 3 N–H and O–H groups in total. The van der Waals surface area contributed by atoms with Crippen molar-refractivity contribution in [2.75, 3.05) is 19.9 Å². The number of carbonyl (C=O) groups excluding carboxylic acids is 3. The van der Waals surface area contributed by atoms with E-state index in [-0.39, 0.29) is 43.3 Å². The second-order valence-electron chi connectivity index (χ2n) is 6.14. The summed E-state index contributed by atoms with van der Waals surface area (Å²) in [6.07, 6.45) is 0. The molecule has 152 valence electrons. The number of carbonyl (C=O) groups is 3. The third-order valence-electron chi connectivity index (χ3n) is 4.15. The molecule has 2 aromatic carbocycles. The highest BCUT2D eigenvalue weighted by Gasteiger charge is 2.29. The summed E-state index contributed by atoms with van der Waals surface area (Å²) in [4.78, 5) is 37.4. The molecule has 29 heavy (non-hydrogen) atoms. The monoisotopic (exact) mass is 405 g/mol.